The molecule has 0 bridgehead atoms. The Labute approximate surface area is 117 Å². The first-order chi connectivity index (χ1) is 9.51. The summed E-state index contributed by atoms with van der Waals surface area (Å²) in [5.41, 5.74) is 7.16. The number of benzene rings is 1. The first kappa shape index (κ1) is 14.4. The van der Waals surface area contributed by atoms with Crippen LogP contribution in [0.25, 0.3) is 0 Å². The van der Waals surface area contributed by atoms with Gasteiger partial charge >= 0.3 is 0 Å². The lowest BCUT2D eigenvalue weighted by atomic mass is 10.2. The van der Waals surface area contributed by atoms with Gasteiger partial charge in [-0.1, -0.05) is 19.9 Å². The normalized spacial score (nSPS) is 10.9. The lowest BCUT2D eigenvalue weighted by Crippen LogP contribution is -2.08. The summed E-state index contributed by atoms with van der Waals surface area (Å²) in [6.45, 7) is 6.08. The predicted molar refractivity (Wildman–Crippen MR) is 75.2 cm³/mol. The highest BCUT2D eigenvalue weighted by atomic mass is 19.1. The van der Waals surface area contributed by atoms with Crippen molar-refractivity contribution >= 4 is 0 Å². The molecule has 0 saturated heterocycles. The van der Waals surface area contributed by atoms with Crippen LogP contribution < -0.4 is 10.5 Å². The molecule has 0 aliphatic rings. The zero-order valence-electron chi connectivity index (χ0n) is 11.9. The first-order valence-electron chi connectivity index (χ1n) is 6.51. The molecule has 0 radical (unpaired) electrons. The number of hydrogen-bond donors (Lipinski definition) is 1. The molecule has 0 amide bonds. The molecule has 0 aliphatic heterocycles. The fourth-order valence-corrected chi connectivity index (χ4v) is 1.74. The zero-order valence-corrected chi connectivity index (χ0v) is 11.9. The molecule has 0 atom stereocenters. The average Bonchev–Trinajstić information content (AvgIpc) is 2.43. The summed E-state index contributed by atoms with van der Waals surface area (Å²) in [4.78, 5) is 8.58. The fourth-order valence-electron chi connectivity index (χ4n) is 1.74. The molecule has 0 saturated carbocycles. The molecule has 106 valence electrons. The van der Waals surface area contributed by atoms with Crippen molar-refractivity contribution in [2.75, 3.05) is 0 Å². The second kappa shape index (κ2) is 5.96. The van der Waals surface area contributed by atoms with Gasteiger partial charge < -0.3 is 10.5 Å². The van der Waals surface area contributed by atoms with Crippen molar-refractivity contribution in [3.63, 3.8) is 0 Å². The van der Waals surface area contributed by atoms with Gasteiger partial charge in [0, 0.05) is 12.5 Å². The van der Waals surface area contributed by atoms with Crippen molar-refractivity contribution < 1.29 is 9.13 Å². The minimum atomic E-state index is -0.425. The summed E-state index contributed by atoms with van der Waals surface area (Å²) in [5.74, 6) is 1.01. The van der Waals surface area contributed by atoms with Crippen LogP contribution in [0.5, 0.6) is 11.5 Å². The molecule has 1 aromatic carbocycles. The van der Waals surface area contributed by atoms with Gasteiger partial charge in [0.25, 0.3) is 0 Å². The minimum Gasteiger partial charge on any atom is -0.451 e. The Hall–Kier alpha value is -2.01. The van der Waals surface area contributed by atoms with E-state index in [1.165, 1.54) is 6.07 Å². The smallest absolute Gasteiger partial charge is 0.168 e. The Kier molecular flexibility index (Phi) is 4.29. The van der Waals surface area contributed by atoms with E-state index >= 15 is 0 Å². The van der Waals surface area contributed by atoms with E-state index in [1.54, 1.807) is 18.3 Å². The number of aryl methyl sites for hydroxylation is 1. The number of hydrogen-bond acceptors (Lipinski definition) is 4. The van der Waals surface area contributed by atoms with Crippen LogP contribution in [0.1, 0.15) is 36.8 Å². The molecule has 0 aliphatic carbocycles. The van der Waals surface area contributed by atoms with E-state index in [0.29, 0.717) is 17.3 Å². The Morgan fingerprint density at radius 3 is 2.70 bits per heavy atom. The third-order valence-electron chi connectivity index (χ3n) is 2.86. The van der Waals surface area contributed by atoms with Crippen LogP contribution in [0.15, 0.2) is 24.4 Å². The minimum absolute atomic E-state index is 0.153. The summed E-state index contributed by atoms with van der Waals surface area (Å²) in [5, 5.41) is 0. The highest BCUT2D eigenvalue weighted by Crippen LogP contribution is 2.27. The highest BCUT2D eigenvalue weighted by Gasteiger charge is 2.12. The highest BCUT2D eigenvalue weighted by molar-refractivity contribution is 5.36. The van der Waals surface area contributed by atoms with Gasteiger partial charge in [0.1, 0.15) is 11.5 Å². The molecule has 2 N–H and O–H groups in total. The van der Waals surface area contributed by atoms with Crippen LogP contribution in [-0.2, 0) is 6.54 Å². The van der Waals surface area contributed by atoms with E-state index in [-0.39, 0.29) is 18.2 Å². The van der Waals surface area contributed by atoms with Gasteiger partial charge in [-0.2, -0.15) is 0 Å². The topological polar surface area (TPSA) is 61.0 Å². The van der Waals surface area contributed by atoms with Crippen LogP contribution >= 0.6 is 0 Å². The number of rotatable bonds is 4. The monoisotopic (exact) mass is 275 g/mol. The van der Waals surface area contributed by atoms with E-state index in [4.69, 9.17) is 10.5 Å². The molecule has 1 heterocycles. The van der Waals surface area contributed by atoms with Gasteiger partial charge in [-0.25, -0.2) is 14.4 Å². The van der Waals surface area contributed by atoms with Crippen molar-refractivity contribution in [3.05, 3.63) is 47.3 Å². The standard InChI is InChI=1S/C15H18FN3O/c1-9(2)15-18-8-14(12(7-17)19-15)20-13-6-10(3)4-5-11(13)16/h4-6,8-9H,7,17H2,1-3H3. The van der Waals surface area contributed by atoms with E-state index in [2.05, 4.69) is 9.97 Å². The summed E-state index contributed by atoms with van der Waals surface area (Å²) in [6.07, 6.45) is 1.55. The quantitative estimate of drug-likeness (QED) is 0.930. The van der Waals surface area contributed by atoms with Gasteiger partial charge in [0.2, 0.25) is 0 Å². The fraction of sp³-hybridized carbons (Fsp3) is 0.333. The second-order valence-corrected chi connectivity index (χ2v) is 4.93. The Morgan fingerprint density at radius 2 is 2.05 bits per heavy atom. The third-order valence-corrected chi connectivity index (χ3v) is 2.86. The summed E-state index contributed by atoms with van der Waals surface area (Å²) in [6, 6.07) is 4.69. The predicted octanol–water partition coefficient (Wildman–Crippen LogP) is 3.30. The molecule has 0 fully saturated rings. The van der Waals surface area contributed by atoms with Crippen molar-refractivity contribution in [1.82, 2.24) is 9.97 Å². The molecule has 0 unspecified atom stereocenters. The van der Waals surface area contributed by atoms with Crippen LogP contribution in [0, 0.1) is 12.7 Å². The average molecular weight is 275 g/mol. The number of halogens is 1. The second-order valence-electron chi connectivity index (χ2n) is 4.93. The maximum atomic E-state index is 13.7. The largest absolute Gasteiger partial charge is 0.451 e. The molecule has 4 nitrogen and oxygen atoms in total. The molecule has 20 heavy (non-hydrogen) atoms. The molecule has 1 aromatic heterocycles. The molecule has 0 spiro atoms. The van der Waals surface area contributed by atoms with E-state index in [9.17, 15) is 4.39 Å². The molecule has 2 rings (SSSR count). The van der Waals surface area contributed by atoms with Crippen LogP contribution in [0.2, 0.25) is 0 Å². The summed E-state index contributed by atoms with van der Waals surface area (Å²) >= 11 is 0. The number of nitrogens with zero attached hydrogens (tertiary/aromatic N) is 2. The van der Waals surface area contributed by atoms with E-state index in [0.717, 1.165) is 5.56 Å². The third kappa shape index (κ3) is 3.11. The number of aromatic nitrogens is 2. The first-order valence-corrected chi connectivity index (χ1v) is 6.51. The summed E-state index contributed by atoms with van der Waals surface area (Å²) < 4.78 is 19.3. The molecule has 5 heteroatoms. The maximum absolute atomic E-state index is 13.7. The lowest BCUT2D eigenvalue weighted by Gasteiger charge is -2.12. The van der Waals surface area contributed by atoms with Crippen LogP contribution in [0.3, 0.4) is 0 Å². The Morgan fingerprint density at radius 1 is 1.30 bits per heavy atom. The lowest BCUT2D eigenvalue weighted by molar-refractivity contribution is 0.431. The van der Waals surface area contributed by atoms with Crippen molar-refractivity contribution in [2.45, 2.75) is 33.2 Å². The Bertz CT molecular complexity index is 614. The van der Waals surface area contributed by atoms with Gasteiger partial charge in [-0.15, -0.1) is 0 Å². The van der Waals surface area contributed by atoms with Crippen molar-refractivity contribution in [1.29, 1.82) is 0 Å². The molecular weight excluding hydrogens is 257 g/mol. The summed E-state index contributed by atoms with van der Waals surface area (Å²) in [7, 11) is 0. The number of ether oxygens (including phenoxy) is 1. The number of nitrogens with two attached hydrogens (primary N) is 1. The molecule has 2 aromatic rings. The maximum Gasteiger partial charge on any atom is 0.168 e. The molecular formula is C15H18FN3O. The Balaban J connectivity index is 2.35. The van der Waals surface area contributed by atoms with Gasteiger partial charge in [0.15, 0.2) is 17.3 Å². The SMILES string of the molecule is Cc1ccc(F)c(Oc2cnc(C(C)C)nc2CN)c1. The van der Waals surface area contributed by atoms with E-state index < -0.39 is 5.82 Å². The van der Waals surface area contributed by atoms with Crippen molar-refractivity contribution in [3.8, 4) is 11.5 Å². The van der Waals surface area contributed by atoms with Gasteiger partial charge in [0.05, 0.1) is 6.20 Å². The van der Waals surface area contributed by atoms with Gasteiger partial charge in [-0.05, 0) is 24.6 Å². The van der Waals surface area contributed by atoms with Crippen LogP contribution in [-0.4, -0.2) is 9.97 Å². The van der Waals surface area contributed by atoms with Crippen LogP contribution in [0.4, 0.5) is 4.39 Å². The zero-order chi connectivity index (χ0) is 14.7. The van der Waals surface area contributed by atoms with Crippen molar-refractivity contribution in [2.24, 2.45) is 5.73 Å². The van der Waals surface area contributed by atoms with Gasteiger partial charge in [-0.3, -0.25) is 0 Å². The van der Waals surface area contributed by atoms with E-state index in [1.807, 2.05) is 20.8 Å².